The molecule has 0 unspecified atom stereocenters. The average molecular weight is 554 g/mol. The monoisotopic (exact) mass is 552 g/mol. The van der Waals surface area contributed by atoms with Gasteiger partial charge in [0.15, 0.2) is 0 Å². The Hall–Kier alpha value is -3.06. The minimum absolute atomic E-state index is 0.0249. The summed E-state index contributed by atoms with van der Waals surface area (Å²) < 4.78 is 3.24. The second-order valence-corrected chi connectivity index (χ2v) is 9.90. The van der Waals surface area contributed by atoms with Crippen LogP contribution in [0.3, 0.4) is 0 Å². The zero-order chi connectivity index (χ0) is 25.8. The first-order valence-corrected chi connectivity index (χ1v) is 13.5. The van der Waals surface area contributed by atoms with Crippen LogP contribution >= 0.6 is 15.9 Å². The van der Waals surface area contributed by atoms with E-state index in [4.69, 9.17) is 0 Å². The fourth-order valence-electron chi connectivity index (χ4n) is 4.04. The SMILES string of the molecule is CCCCN(Cc1cccn1Cc1ccc(Br)cc1)C(=O)CN(CCC)C(=O)NCc1ccccc1. The number of hydrogen-bond donors (Lipinski definition) is 1. The summed E-state index contributed by atoms with van der Waals surface area (Å²) in [6.45, 7) is 7.13. The largest absolute Gasteiger partial charge is 0.345 e. The van der Waals surface area contributed by atoms with Gasteiger partial charge in [-0.3, -0.25) is 4.79 Å². The number of carbonyl (C=O) groups excluding carboxylic acids is 2. The van der Waals surface area contributed by atoms with E-state index < -0.39 is 0 Å². The van der Waals surface area contributed by atoms with Crippen LogP contribution in [0.25, 0.3) is 0 Å². The molecule has 6 nitrogen and oxygen atoms in total. The number of halogens is 1. The summed E-state index contributed by atoms with van der Waals surface area (Å²) in [5.41, 5.74) is 3.31. The van der Waals surface area contributed by atoms with Crippen molar-refractivity contribution in [1.29, 1.82) is 0 Å². The third kappa shape index (κ3) is 8.55. The first-order valence-electron chi connectivity index (χ1n) is 12.7. The minimum Gasteiger partial charge on any atom is -0.345 e. The van der Waals surface area contributed by atoms with E-state index in [0.717, 1.165) is 41.5 Å². The van der Waals surface area contributed by atoms with Crippen molar-refractivity contribution in [1.82, 2.24) is 19.7 Å². The molecule has 0 aliphatic heterocycles. The summed E-state index contributed by atoms with van der Waals surface area (Å²) in [5, 5.41) is 2.97. The lowest BCUT2D eigenvalue weighted by molar-refractivity contribution is -0.132. The van der Waals surface area contributed by atoms with E-state index in [1.54, 1.807) is 4.90 Å². The molecule has 1 heterocycles. The molecule has 0 saturated heterocycles. The Morgan fingerprint density at radius 3 is 2.31 bits per heavy atom. The molecule has 3 rings (SSSR count). The summed E-state index contributed by atoms with van der Waals surface area (Å²) in [6, 6.07) is 22.0. The molecule has 7 heteroatoms. The van der Waals surface area contributed by atoms with Crippen LogP contribution < -0.4 is 5.32 Å². The Kier molecular flexibility index (Phi) is 11.1. The van der Waals surface area contributed by atoms with Crippen LogP contribution in [0.5, 0.6) is 0 Å². The molecular weight excluding hydrogens is 516 g/mol. The predicted molar refractivity (Wildman–Crippen MR) is 149 cm³/mol. The molecule has 0 spiro atoms. The first kappa shape index (κ1) is 27.5. The molecule has 0 atom stereocenters. The highest BCUT2D eigenvalue weighted by molar-refractivity contribution is 9.10. The van der Waals surface area contributed by atoms with Crippen molar-refractivity contribution in [2.24, 2.45) is 0 Å². The van der Waals surface area contributed by atoms with Gasteiger partial charge in [0, 0.05) is 42.5 Å². The van der Waals surface area contributed by atoms with E-state index >= 15 is 0 Å². The van der Waals surface area contributed by atoms with E-state index in [-0.39, 0.29) is 18.5 Å². The predicted octanol–water partition coefficient (Wildman–Crippen LogP) is 6.05. The average Bonchev–Trinajstić information content (AvgIpc) is 3.33. The molecule has 2 aromatic carbocycles. The third-order valence-corrected chi connectivity index (χ3v) is 6.60. The van der Waals surface area contributed by atoms with E-state index in [1.807, 2.05) is 60.4 Å². The quantitative estimate of drug-likeness (QED) is 0.280. The fraction of sp³-hybridized carbons (Fsp3) is 0.379. The summed E-state index contributed by atoms with van der Waals surface area (Å²) in [6.07, 6.45) is 4.77. The van der Waals surface area contributed by atoms with E-state index in [9.17, 15) is 9.59 Å². The zero-order valence-corrected chi connectivity index (χ0v) is 22.9. The molecular formula is C29H37BrN4O2. The minimum atomic E-state index is -0.205. The van der Waals surface area contributed by atoms with Gasteiger partial charge in [-0.25, -0.2) is 4.79 Å². The third-order valence-electron chi connectivity index (χ3n) is 6.07. The maximum atomic E-state index is 13.4. The number of aromatic nitrogens is 1. The number of rotatable bonds is 13. The lowest BCUT2D eigenvalue weighted by atomic mass is 10.2. The van der Waals surface area contributed by atoms with Gasteiger partial charge in [0.05, 0.1) is 6.54 Å². The molecule has 1 N–H and O–H groups in total. The summed E-state index contributed by atoms with van der Waals surface area (Å²) in [7, 11) is 0. The zero-order valence-electron chi connectivity index (χ0n) is 21.3. The second-order valence-electron chi connectivity index (χ2n) is 8.99. The van der Waals surface area contributed by atoms with Crippen molar-refractivity contribution >= 4 is 27.9 Å². The van der Waals surface area contributed by atoms with Crippen molar-refractivity contribution < 1.29 is 9.59 Å². The molecule has 0 bridgehead atoms. The second kappa shape index (κ2) is 14.5. The van der Waals surface area contributed by atoms with E-state index in [2.05, 4.69) is 57.1 Å². The smallest absolute Gasteiger partial charge is 0.318 e. The summed E-state index contributed by atoms with van der Waals surface area (Å²) in [5.74, 6) is -0.0249. The number of hydrogen-bond acceptors (Lipinski definition) is 2. The molecule has 3 amide bonds. The van der Waals surface area contributed by atoms with Crippen LogP contribution in [0, 0.1) is 0 Å². The molecule has 3 aromatic rings. The van der Waals surface area contributed by atoms with Crippen molar-refractivity contribution in [2.75, 3.05) is 19.6 Å². The molecule has 0 radical (unpaired) electrons. The van der Waals surface area contributed by atoms with Crippen molar-refractivity contribution in [3.8, 4) is 0 Å². The van der Waals surface area contributed by atoms with Gasteiger partial charge in [-0.1, -0.05) is 78.7 Å². The van der Waals surface area contributed by atoms with Gasteiger partial charge in [-0.15, -0.1) is 0 Å². The van der Waals surface area contributed by atoms with Crippen LogP contribution in [-0.2, 0) is 24.4 Å². The summed E-state index contributed by atoms with van der Waals surface area (Å²) >= 11 is 3.49. The molecule has 0 fully saturated rings. The van der Waals surface area contributed by atoms with Gasteiger partial charge in [-0.2, -0.15) is 0 Å². The highest BCUT2D eigenvalue weighted by Gasteiger charge is 2.21. The molecule has 0 aliphatic rings. The Balaban J connectivity index is 1.66. The van der Waals surface area contributed by atoms with Gasteiger partial charge in [0.1, 0.15) is 6.54 Å². The summed E-state index contributed by atoms with van der Waals surface area (Å²) in [4.78, 5) is 29.9. The Morgan fingerprint density at radius 1 is 0.861 bits per heavy atom. The molecule has 1 aromatic heterocycles. The van der Waals surface area contributed by atoms with E-state index in [0.29, 0.717) is 26.2 Å². The van der Waals surface area contributed by atoms with E-state index in [1.165, 1.54) is 5.56 Å². The topological polar surface area (TPSA) is 57.6 Å². The normalized spacial score (nSPS) is 10.8. The number of urea groups is 1. The van der Waals surface area contributed by atoms with Crippen molar-refractivity contribution in [2.45, 2.75) is 52.7 Å². The molecule has 0 aliphatic carbocycles. The number of nitrogens with one attached hydrogen (secondary N) is 1. The van der Waals surface area contributed by atoms with Crippen LogP contribution in [0.1, 0.15) is 49.9 Å². The Bertz CT molecular complexity index is 1080. The number of carbonyl (C=O) groups is 2. The van der Waals surface area contributed by atoms with Gasteiger partial charge < -0.3 is 19.7 Å². The maximum Gasteiger partial charge on any atom is 0.318 e. The lowest BCUT2D eigenvalue weighted by Crippen LogP contribution is -2.47. The fourth-order valence-corrected chi connectivity index (χ4v) is 4.31. The highest BCUT2D eigenvalue weighted by atomic mass is 79.9. The Morgan fingerprint density at radius 2 is 1.61 bits per heavy atom. The van der Waals surface area contributed by atoms with Crippen LogP contribution in [0.2, 0.25) is 0 Å². The van der Waals surface area contributed by atoms with Gasteiger partial charge in [0.2, 0.25) is 5.91 Å². The highest BCUT2D eigenvalue weighted by Crippen LogP contribution is 2.15. The van der Waals surface area contributed by atoms with Gasteiger partial charge in [0.25, 0.3) is 0 Å². The number of nitrogens with zero attached hydrogens (tertiary/aromatic N) is 3. The molecule has 0 saturated carbocycles. The van der Waals surface area contributed by atoms with Crippen LogP contribution in [0.4, 0.5) is 4.79 Å². The lowest BCUT2D eigenvalue weighted by Gasteiger charge is -2.28. The number of unbranched alkanes of at least 4 members (excludes halogenated alkanes) is 1. The number of benzene rings is 2. The van der Waals surface area contributed by atoms with Crippen molar-refractivity contribution in [3.05, 3.63) is 94.2 Å². The number of amides is 3. The van der Waals surface area contributed by atoms with Crippen LogP contribution in [-0.4, -0.2) is 45.9 Å². The van der Waals surface area contributed by atoms with Gasteiger partial charge >= 0.3 is 6.03 Å². The molecule has 192 valence electrons. The van der Waals surface area contributed by atoms with Crippen molar-refractivity contribution in [3.63, 3.8) is 0 Å². The molecule has 36 heavy (non-hydrogen) atoms. The maximum absolute atomic E-state index is 13.4. The standard InChI is InChI=1S/C29H37BrN4O2/c1-3-5-18-33(22-27-12-9-19-32(27)21-25-13-15-26(30)16-14-25)28(35)23-34(17-4-2)29(36)31-20-24-10-7-6-8-11-24/h6-16,19H,3-5,17-18,20-23H2,1-2H3,(H,31,36). The first-order chi connectivity index (χ1) is 17.5. The van der Waals surface area contributed by atoms with Gasteiger partial charge in [-0.05, 0) is 48.2 Å². The Labute approximate surface area is 223 Å². The van der Waals surface area contributed by atoms with Crippen LogP contribution in [0.15, 0.2) is 77.4 Å².